The van der Waals surface area contributed by atoms with Gasteiger partial charge in [-0.3, -0.25) is 9.59 Å². The molecule has 5 rings (SSSR count). The number of amides is 2. The number of likely N-dealkylation sites (tertiary alicyclic amines) is 1. The van der Waals surface area contributed by atoms with Crippen LogP contribution in [0.2, 0.25) is 0 Å². The Hall–Kier alpha value is -1.93. The molecule has 4 aliphatic rings. The van der Waals surface area contributed by atoms with E-state index in [4.69, 9.17) is 0 Å². The van der Waals surface area contributed by atoms with Crippen LogP contribution in [0.3, 0.4) is 0 Å². The van der Waals surface area contributed by atoms with Crippen LogP contribution in [0.5, 0.6) is 0 Å². The standard InChI is InChI=1S/C26H37N3O4S/c1-17-12-18(2)16-27(15-17)25(30)21-8-10-28(11-9-21)34(32,33)23-6-7-24-22(14-23)13-19(3)29(24)26(31)20-4-5-20/h6-7,14,17-21H,4-5,8-13,15-16H2,1-3H3/t17-,18+,19-/m1/s1. The van der Waals surface area contributed by atoms with Gasteiger partial charge in [0.05, 0.1) is 4.90 Å². The first-order chi connectivity index (χ1) is 16.1. The SMILES string of the molecule is C[C@@H]1C[C@H](C)CN(C(=O)C2CCN(S(=O)(=O)c3ccc4c(c3)C[C@@H](C)N4C(=O)C3CC3)CC2)C1. The van der Waals surface area contributed by atoms with Crippen molar-refractivity contribution in [2.75, 3.05) is 31.1 Å². The predicted octanol–water partition coefficient (Wildman–Crippen LogP) is 3.28. The molecular weight excluding hydrogens is 450 g/mol. The Balaban J connectivity index is 1.25. The van der Waals surface area contributed by atoms with Gasteiger partial charge in [-0.1, -0.05) is 13.8 Å². The Kier molecular flexibility index (Phi) is 6.25. The smallest absolute Gasteiger partial charge is 0.243 e. The second kappa shape index (κ2) is 8.94. The predicted molar refractivity (Wildman–Crippen MR) is 131 cm³/mol. The third kappa shape index (κ3) is 4.39. The summed E-state index contributed by atoms with van der Waals surface area (Å²) < 4.78 is 28.4. The fourth-order valence-corrected chi connectivity index (χ4v) is 7.74. The van der Waals surface area contributed by atoms with Crippen LogP contribution >= 0.6 is 0 Å². The first kappa shape index (κ1) is 23.8. The summed E-state index contributed by atoms with van der Waals surface area (Å²) in [5, 5.41) is 0. The van der Waals surface area contributed by atoms with Gasteiger partial charge in [-0.05, 0) is 81.0 Å². The lowest BCUT2D eigenvalue weighted by Gasteiger charge is -2.39. The van der Waals surface area contributed by atoms with Crippen LogP contribution < -0.4 is 4.90 Å². The summed E-state index contributed by atoms with van der Waals surface area (Å²) in [4.78, 5) is 30.0. The van der Waals surface area contributed by atoms with Crippen LogP contribution in [0.15, 0.2) is 23.1 Å². The van der Waals surface area contributed by atoms with Crippen molar-refractivity contribution in [3.63, 3.8) is 0 Å². The number of anilines is 1. The van der Waals surface area contributed by atoms with E-state index >= 15 is 0 Å². The topological polar surface area (TPSA) is 78.0 Å². The zero-order chi connectivity index (χ0) is 24.2. The zero-order valence-electron chi connectivity index (χ0n) is 20.6. The molecule has 7 nitrogen and oxygen atoms in total. The molecular formula is C26H37N3O4S. The van der Waals surface area contributed by atoms with Crippen LogP contribution in [0.25, 0.3) is 0 Å². The average molecular weight is 488 g/mol. The van der Waals surface area contributed by atoms with Crippen LogP contribution in [-0.2, 0) is 26.0 Å². The van der Waals surface area contributed by atoms with E-state index in [9.17, 15) is 18.0 Å². The molecule has 3 heterocycles. The highest BCUT2D eigenvalue weighted by Gasteiger charge is 2.40. The van der Waals surface area contributed by atoms with Gasteiger partial charge in [-0.15, -0.1) is 0 Å². The van der Waals surface area contributed by atoms with Gasteiger partial charge in [0.2, 0.25) is 21.8 Å². The molecule has 3 fully saturated rings. The van der Waals surface area contributed by atoms with E-state index in [0.29, 0.717) is 49.1 Å². The molecule has 3 atom stereocenters. The van der Waals surface area contributed by atoms with E-state index in [2.05, 4.69) is 13.8 Å². The quantitative estimate of drug-likeness (QED) is 0.653. The van der Waals surface area contributed by atoms with E-state index in [1.165, 1.54) is 4.31 Å². The minimum atomic E-state index is -3.63. The Labute approximate surface area is 203 Å². The molecule has 0 bridgehead atoms. The van der Waals surface area contributed by atoms with Crippen molar-refractivity contribution in [3.05, 3.63) is 23.8 Å². The molecule has 2 amide bonds. The third-order valence-corrected chi connectivity index (χ3v) is 9.95. The molecule has 1 aliphatic carbocycles. The molecule has 2 saturated heterocycles. The minimum Gasteiger partial charge on any atom is -0.342 e. The van der Waals surface area contributed by atoms with Gasteiger partial charge >= 0.3 is 0 Å². The third-order valence-electron chi connectivity index (χ3n) is 8.05. The van der Waals surface area contributed by atoms with E-state index in [1.807, 2.05) is 16.7 Å². The molecule has 34 heavy (non-hydrogen) atoms. The Morgan fingerprint density at radius 3 is 2.12 bits per heavy atom. The maximum Gasteiger partial charge on any atom is 0.243 e. The zero-order valence-corrected chi connectivity index (χ0v) is 21.4. The van der Waals surface area contributed by atoms with Gasteiger partial charge < -0.3 is 9.80 Å². The van der Waals surface area contributed by atoms with Crippen molar-refractivity contribution in [2.24, 2.45) is 23.7 Å². The van der Waals surface area contributed by atoms with Crippen molar-refractivity contribution in [2.45, 2.75) is 70.2 Å². The number of carbonyl (C=O) groups is 2. The average Bonchev–Trinajstić information content (AvgIpc) is 3.59. The molecule has 186 valence electrons. The largest absolute Gasteiger partial charge is 0.342 e. The number of nitrogens with zero attached hydrogens (tertiary/aromatic N) is 3. The summed E-state index contributed by atoms with van der Waals surface area (Å²) >= 11 is 0. The highest BCUT2D eigenvalue weighted by molar-refractivity contribution is 7.89. The summed E-state index contributed by atoms with van der Waals surface area (Å²) in [6.45, 7) is 8.80. The number of hydrogen-bond donors (Lipinski definition) is 0. The molecule has 0 N–H and O–H groups in total. The second-order valence-corrected chi connectivity index (χ2v) is 13.1. The number of hydrogen-bond acceptors (Lipinski definition) is 4. The Morgan fingerprint density at radius 2 is 1.50 bits per heavy atom. The van der Waals surface area contributed by atoms with E-state index in [1.54, 1.807) is 18.2 Å². The Morgan fingerprint density at radius 1 is 0.882 bits per heavy atom. The summed E-state index contributed by atoms with van der Waals surface area (Å²) in [6.07, 6.45) is 4.90. The first-order valence-corrected chi connectivity index (χ1v) is 14.3. The normalized spacial score (nSPS) is 28.7. The van der Waals surface area contributed by atoms with E-state index in [-0.39, 0.29) is 29.7 Å². The summed E-state index contributed by atoms with van der Waals surface area (Å²) in [6, 6.07) is 5.27. The molecule has 0 unspecified atom stereocenters. The molecule has 3 aliphatic heterocycles. The van der Waals surface area contributed by atoms with Gasteiger partial charge in [-0.25, -0.2) is 8.42 Å². The number of piperidine rings is 2. The van der Waals surface area contributed by atoms with Crippen LogP contribution in [-0.4, -0.2) is 61.7 Å². The molecule has 0 aromatic heterocycles. The lowest BCUT2D eigenvalue weighted by atomic mass is 9.89. The second-order valence-electron chi connectivity index (χ2n) is 11.2. The van der Waals surface area contributed by atoms with E-state index in [0.717, 1.165) is 43.6 Å². The van der Waals surface area contributed by atoms with Crippen LogP contribution in [0.1, 0.15) is 58.4 Å². The van der Waals surface area contributed by atoms with Crippen LogP contribution in [0.4, 0.5) is 5.69 Å². The fraction of sp³-hybridized carbons (Fsp3) is 0.692. The van der Waals surface area contributed by atoms with Gasteiger partial charge in [0.25, 0.3) is 0 Å². The number of fused-ring (bicyclic) bond motifs is 1. The summed E-state index contributed by atoms with van der Waals surface area (Å²) in [7, 11) is -3.63. The molecule has 1 saturated carbocycles. The lowest BCUT2D eigenvalue weighted by molar-refractivity contribution is -0.139. The van der Waals surface area contributed by atoms with Crippen molar-refractivity contribution >= 4 is 27.5 Å². The maximum atomic E-state index is 13.4. The van der Waals surface area contributed by atoms with Crippen LogP contribution in [0, 0.1) is 23.7 Å². The number of rotatable bonds is 4. The van der Waals surface area contributed by atoms with Gasteiger partial charge in [-0.2, -0.15) is 4.31 Å². The monoisotopic (exact) mass is 487 g/mol. The molecule has 0 spiro atoms. The number of carbonyl (C=O) groups excluding carboxylic acids is 2. The van der Waals surface area contributed by atoms with Gasteiger partial charge in [0, 0.05) is 49.7 Å². The van der Waals surface area contributed by atoms with Gasteiger partial charge in [0.1, 0.15) is 0 Å². The first-order valence-electron chi connectivity index (χ1n) is 12.9. The maximum absolute atomic E-state index is 13.4. The molecule has 1 aromatic rings. The highest BCUT2D eigenvalue weighted by atomic mass is 32.2. The molecule has 0 radical (unpaired) electrons. The molecule has 8 heteroatoms. The Bertz CT molecular complexity index is 1070. The fourth-order valence-electron chi connectivity index (χ4n) is 6.22. The van der Waals surface area contributed by atoms with Crippen molar-refractivity contribution < 1.29 is 18.0 Å². The van der Waals surface area contributed by atoms with Crippen molar-refractivity contribution in [1.29, 1.82) is 0 Å². The lowest BCUT2D eigenvalue weighted by Crippen LogP contribution is -2.48. The number of benzene rings is 1. The summed E-state index contributed by atoms with van der Waals surface area (Å²) in [5.74, 6) is 1.45. The van der Waals surface area contributed by atoms with Crippen molar-refractivity contribution in [3.8, 4) is 0 Å². The van der Waals surface area contributed by atoms with Crippen molar-refractivity contribution in [1.82, 2.24) is 9.21 Å². The van der Waals surface area contributed by atoms with Gasteiger partial charge in [0.15, 0.2) is 0 Å². The highest BCUT2D eigenvalue weighted by Crippen LogP contribution is 2.40. The van der Waals surface area contributed by atoms with E-state index < -0.39 is 10.0 Å². The summed E-state index contributed by atoms with van der Waals surface area (Å²) in [5.41, 5.74) is 1.79. The number of sulfonamides is 1. The molecule has 1 aromatic carbocycles. The minimum absolute atomic E-state index is 0.0584.